The molecule has 1 rings (SSSR count). The van der Waals surface area contributed by atoms with E-state index in [1.807, 2.05) is 0 Å². The Kier molecular flexibility index (Phi) is 2.51. The van der Waals surface area contributed by atoms with Crippen LogP contribution in [0.3, 0.4) is 0 Å². The highest BCUT2D eigenvalue weighted by atomic mass is 19.3. The van der Waals surface area contributed by atoms with Crippen LogP contribution in [0.15, 0.2) is 12.4 Å². The van der Waals surface area contributed by atoms with Crippen molar-refractivity contribution >= 4 is 0 Å². The molecule has 0 spiro atoms. The number of rotatable bonds is 2. The van der Waals surface area contributed by atoms with E-state index in [0.717, 1.165) is 0 Å². The molecule has 6 heteroatoms. The van der Waals surface area contributed by atoms with Gasteiger partial charge in [0.2, 0.25) is 0 Å². The highest BCUT2D eigenvalue weighted by Gasteiger charge is 2.36. The molecule has 0 amide bonds. The number of pyridine rings is 1. The summed E-state index contributed by atoms with van der Waals surface area (Å²) in [7, 11) is 0. The minimum Gasteiger partial charge on any atom is -0.325 e. The van der Waals surface area contributed by atoms with Gasteiger partial charge in [0.05, 0.1) is 24.5 Å². The molecular weight excluding hydrogens is 188 g/mol. The number of hydrogen-bond acceptors (Lipinski definition) is 2. The largest absolute Gasteiger partial charge is 0.325 e. The summed E-state index contributed by atoms with van der Waals surface area (Å²) in [6.45, 7) is -1.15. The van der Waals surface area contributed by atoms with Gasteiger partial charge in [0.25, 0.3) is 5.92 Å². The standard InChI is InChI=1S/C7H6F4N2/c8-4-1-13-2-5(9)6(4)7(10,11)3-12/h1-2H,3,12H2. The molecule has 0 saturated carbocycles. The van der Waals surface area contributed by atoms with Gasteiger partial charge in [0, 0.05) is 0 Å². The van der Waals surface area contributed by atoms with Crippen LogP contribution in [0, 0.1) is 11.6 Å². The first kappa shape index (κ1) is 9.91. The molecule has 1 aromatic rings. The lowest BCUT2D eigenvalue weighted by atomic mass is 10.1. The minimum absolute atomic E-state index is 0.516. The molecule has 0 aliphatic heterocycles. The third-order valence-corrected chi connectivity index (χ3v) is 1.48. The summed E-state index contributed by atoms with van der Waals surface area (Å²) < 4.78 is 50.9. The van der Waals surface area contributed by atoms with Crippen LogP contribution in [0.4, 0.5) is 17.6 Å². The highest BCUT2D eigenvalue weighted by molar-refractivity contribution is 5.21. The van der Waals surface area contributed by atoms with Crippen molar-refractivity contribution in [1.29, 1.82) is 0 Å². The van der Waals surface area contributed by atoms with Crippen LogP contribution in [0.5, 0.6) is 0 Å². The Bertz CT molecular complexity index is 293. The summed E-state index contributed by atoms with van der Waals surface area (Å²) in [6, 6.07) is 0. The Hall–Kier alpha value is -1.17. The molecule has 2 nitrogen and oxygen atoms in total. The third-order valence-electron chi connectivity index (χ3n) is 1.48. The summed E-state index contributed by atoms with van der Waals surface area (Å²) in [5, 5.41) is 0. The van der Waals surface area contributed by atoms with Gasteiger partial charge in [-0.3, -0.25) is 4.98 Å². The van der Waals surface area contributed by atoms with Crippen LogP contribution >= 0.6 is 0 Å². The zero-order valence-corrected chi connectivity index (χ0v) is 6.40. The highest BCUT2D eigenvalue weighted by Crippen LogP contribution is 2.30. The van der Waals surface area contributed by atoms with Crippen molar-refractivity contribution < 1.29 is 17.6 Å². The lowest BCUT2D eigenvalue weighted by Crippen LogP contribution is -2.27. The molecule has 0 atom stereocenters. The molecule has 13 heavy (non-hydrogen) atoms. The first-order valence-corrected chi connectivity index (χ1v) is 3.36. The van der Waals surface area contributed by atoms with Crippen molar-refractivity contribution in [2.24, 2.45) is 5.73 Å². The first-order chi connectivity index (χ1) is 5.99. The summed E-state index contributed by atoms with van der Waals surface area (Å²) in [5.74, 6) is -6.48. The van der Waals surface area contributed by atoms with Crippen molar-refractivity contribution in [2.45, 2.75) is 5.92 Å². The van der Waals surface area contributed by atoms with Gasteiger partial charge in [-0.05, 0) is 0 Å². The van der Waals surface area contributed by atoms with Gasteiger partial charge in [-0.25, -0.2) is 8.78 Å². The van der Waals surface area contributed by atoms with Gasteiger partial charge in [-0.2, -0.15) is 8.78 Å². The van der Waals surface area contributed by atoms with E-state index < -0.39 is 29.7 Å². The number of nitrogens with zero attached hydrogens (tertiary/aromatic N) is 1. The average Bonchev–Trinajstić information content (AvgIpc) is 2.03. The van der Waals surface area contributed by atoms with Crippen LogP contribution in [0.1, 0.15) is 5.56 Å². The SMILES string of the molecule is NCC(F)(F)c1c(F)cncc1F. The monoisotopic (exact) mass is 194 g/mol. The maximum Gasteiger partial charge on any atom is 0.290 e. The van der Waals surface area contributed by atoms with E-state index >= 15 is 0 Å². The molecule has 0 radical (unpaired) electrons. The smallest absolute Gasteiger partial charge is 0.290 e. The molecule has 0 aliphatic rings. The van der Waals surface area contributed by atoms with E-state index in [9.17, 15) is 17.6 Å². The Morgan fingerprint density at radius 3 is 2.08 bits per heavy atom. The molecule has 0 aliphatic carbocycles. The summed E-state index contributed by atoms with van der Waals surface area (Å²) in [4.78, 5) is 3.07. The van der Waals surface area contributed by atoms with Crippen LogP contribution in [0.25, 0.3) is 0 Å². The Balaban J connectivity index is 3.28. The number of nitrogens with two attached hydrogens (primary N) is 1. The van der Waals surface area contributed by atoms with Gasteiger partial charge in [0.1, 0.15) is 0 Å². The molecule has 0 saturated heterocycles. The van der Waals surface area contributed by atoms with Crippen LogP contribution in [-0.4, -0.2) is 11.5 Å². The molecule has 1 heterocycles. The van der Waals surface area contributed by atoms with Gasteiger partial charge in [-0.1, -0.05) is 0 Å². The molecule has 1 aromatic heterocycles. The summed E-state index contributed by atoms with van der Waals surface area (Å²) >= 11 is 0. The normalized spacial score (nSPS) is 11.8. The maximum atomic E-state index is 12.8. The van der Waals surface area contributed by atoms with E-state index in [1.54, 1.807) is 0 Å². The molecular formula is C7H6F4N2. The zero-order valence-electron chi connectivity index (χ0n) is 6.40. The van der Waals surface area contributed by atoms with E-state index in [1.165, 1.54) is 0 Å². The Morgan fingerprint density at radius 2 is 1.69 bits per heavy atom. The Morgan fingerprint density at radius 1 is 1.23 bits per heavy atom. The summed E-state index contributed by atoms with van der Waals surface area (Å²) in [6.07, 6.45) is 1.03. The van der Waals surface area contributed by atoms with Crippen LogP contribution in [0.2, 0.25) is 0 Å². The second kappa shape index (κ2) is 3.29. The van der Waals surface area contributed by atoms with Crippen molar-refractivity contribution in [3.63, 3.8) is 0 Å². The molecule has 2 N–H and O–H groups in total. The fourth-order valence-corrected chi connectivity index (χ4v) is 0.863. The fraction of sp³-hybridized carbons (Fsp3) is 0.286. The molecule has 0 bridgehead atoms. The van der Waals surface area contributed by atoms with Gasteiger partial charge in [0.15, 0.2) is 11.6 Å². The Labute approximate surface area is 71.4 Å². The lowest BCUT2D eigenvalue weighted by molar-refractivity contribution is -0.00156. The quantitative estimate of drug-likeness (QED) is 0.723. The van der Waals surface area contributed by atoms with Crippen molar-refractivity contribution in [1.82, 2.24) is 4.98 Å². The molecule has 0 fully saturated rings. The van der Waals surface area contributed by atoms with Crippen LogP contribution in [-0.2, 0) is 5.92 Å². The summed E-state index contributed by atoms with van der Waals surface area (Å²) in [5.41, 5.74) is 3.34. The number of halogens is 4. The molecule has 72 valence electrons. The second-order valence-corrected chi connectivity index (χ2v) is 2.39. The fourth-order valence-electron chi connectivity index (χ4n) is 0.863. The average molecular weight is 194 g/mol. The second-order valence-electron chi connectivity index (χ2n) is 2.39. The van der Waals surface area contributed by atoms with E-state index in [-0.39, 0.29) is 0 Å². The molecule has 0 aromatic carbocycles. The number of hydrogen-bond donors (Lipinski definition) is 1. The number of alkyl halides is 2. The van der Waals surface area contributed by atoms with E-state index in [4.69, 9.17) is 0 Å². The zero-order chi connectivity index (χ0) is 10.1. The minimum atomic E-state index is -3.70. The maximum absolute atomic E-state index is 12.8. The lowest BCUT2D eigenvalue weighted by Gasteiger charge is -2.14. The van der Waals surface area contributed by atoms with E-state index in [2.05, 4.69) is 10.7 Å². The first-order valence-electron chi connectivity index (χ1n) is 3.36. The topological polar surface area (TPSA) is 38.9 Å². The van der Waals surface area contributed by atoms with Crippen molar-refractivity contribution in [3.8, 4) is 0 Å². The van der Waals surface area contributed by atoms with E-state index in [0.29, 0.717) is 12.4 Å². The van der Waals surface area contributed by atoms with Crippen molar-refractivity contribution in [2.75, 3.05) is 6.54 Å². The van der Waals surface area contributed by atoms with Gasteiger partial charge in [-0.15, -0.1) is 0 Å². The number of aromatic nitrogens is 1. The van der Waals surface area contributed by atoms with Crippen molar-refractivity contribution in [3.05, 3.63) is 29.6 Å². The van der Waals surface area contributed by atoms with Gasteiger partial charge < -0.3 is 5.73 Å². The molecule has 0 unspecified atom stereocenters. The third kappa shape index (κ3) is 1.77. The predicted molar refractivity (Wildman–Crippen MR) is 37.1 cm³/mol. The van der Waals surface area contributed by atoms with Crippen LogP contribution < -0.4 is 5.73 Å². The predicted octanol–water partition coefficient (Wildman–Crippen LogP) is 1.41. The van der Waals surface area contributed by atoms with Gasteiger partial charge >= 0.3 is 0 Å².